The van der Waals surface area contributed by atoms with Crippen LogP contribution in [-0.4, -0.2) is 10.8 Å². The third kappa shape index (κ3) is 2.01. The second-order valence-corrected chi connectivity index (χ2v) is 2.69. The summed E-state index contributed by atoms with van der Waals surface area (Å²) < 4.78 is 36.4. The van der Waals surface area contributed by atoms with Crippen LogP contribution in [0.5, 0.6) is 0 Å². The molecule has 0 bridgehead atoms. The lowest BCUT2D eigenvalue weighted by Gasteiger charge is -2.07. The zero-order valence-corrected chi connectivity index (χ0v) is 7.22. The van der Waals surface area contributed by atoms with Gasteiger partial charge in [-0.1, -0.05) is 0 Å². The van der Waals surface area contributed by atoms with E-state index in [1.165, 1.54) is 0 Å². The van der Waals surface area contributed by atoms with Gasteiger partial charge in [-0.05, 0) is 12.1 Å². The number of hydrogen-bond donors (Lipinski definition) is 1. The van der Waals surface area contributed by atoms with Crippen molar-refractivity contribution in [2.24, 2.45) is 0 Å². The zero-order valence-electron chi connectivity index (χ0n) is 7.22. The van der Waals surface area contributed by atoms with Gasteiger partial charge in [0.15, 0.2) is 5.78 Å². The van der Waals surface area contributed by atoms with Gasteiger partial charge in [0, 0.05) is 6.92 Å². The zero-order chi connectivity index (χ0) is 10.9. The number of nitrogens with two attached hydrogens (primary N) is 1. The summed E-state index contributed by atoms with van der Waals surface area (Å²) in [6, 6.07) is 1.76. The summed E-state index contributed by atoms with van der Waals surface area (Å²) >= 11 is 0. The van der Waals surface area contributed by atoms with E-state index >= 15 is 0 Å². The van der Waals surface area contributed by atoms with Crippen molar-refractivity contribution in [2.75, 3.05) is 5.73 Å². The minimum absolute atomic E-state index is 0.0505. The molecule has 0 aliphatic carbocycles. The van der Waals surface area contributed by atoms with E-state index in [0.717, 1.165) is 19.1 Å². The highest BCUT2D eigenvalue weighted by atomic mass is 19.4. The minimum atomic E-state index is -4.56. The Hall–Kier alpha value is -1.59. The molecule has 1 aromatic rings. The summed E-state index contributed by atoms with van der Waals surface area (Å²) in [5, 5.41) is 0. The van der Waals surface area contributed by atoms with Gasteiger partial charge in [-0.3, -0.25) is 4.79 Å². The van der Waals surface area contributed by atoms with Crippen molar-refractivity contribution in [1.82, 2.24) is 4.98 Å². The SMILES string of the molecule is CC(=O)c1nc(C(F)(F)F)ccc1N. The van der Waals surface area contributed by atoms with Crippen molar-refractivity contribution in [3.63, 3.8) is 0 Å². The molecule has 0 aliphatic rings. The summed E-state index contributed by atoms with van der Waals surface area (Å²) in [5.41, 5.74) is 3.77. The average molecular weight is 204 g/mol. The monoisotopic (exact) mass is 204 g/mol. The van der Waals surface area contributed by atoms with E-state index in [0.29, 0.717) is 0 Å². The summed E-state index contributed by atoms with van der Waals surface area (Å²) in [7, 11) is 0. The molecule has 0 saturated heterocycles. The molecule has 6 heteroatoms. The third-order valence-corrected chi connectivity index (χ3v) is 1.55. The topological polar surface area (TPSA) is 56.0 Å². The van der Waals surface area contributed by atoms with Crippen molar-refractivity contribution >= 4 is 11.5 Å². The molecule has 2 N–H and O–H groups in total. The van der Waals surface area contributed by atoms with Crippen molar-refractivity contribution in [2.45, 2.75) is 13.1 Å². The first kappa shape index (κ1) is 10.5. The van der Waals surface area contributed by atoms with E-state index < -0.39 is 17.7 Å². The quantitative estimate of drug-likeness (QED) is 0.710. The third-order valence-electron chi connectivity index (χ3n) is 1.55. The molecule has 0 fully saturated rings. The lowest BCUT2D eigenvalue weighted by molar-refractivity contribution is -0.141. The molecule has 0 spiro atoms. The Morgan fingerprint density at radius 3 is 2.43 bits per heavy atom. The Kier molecular flexibility index (Phi) is 2.46. The first-order valence-electron chi connectivity index (χ1n) is 3.67. The van der Waals surface area contributed by atoms with E-state index in [1.54, 1.807) is 0 Å². The predicted molar refractivity (Wildman–Crippen MR) is 43.7 cm³/mol. The second-order valence-electron chi connectivity index (χ2n) is 2.69. The van der Waals surface area contributed by atoms with Crippen LogP contribution in [0.25, 0.3) is 0 Å². The van der Waals surface area contributed by atoms with Gasteiger partial charge in [-0.25, -0.2) is 4.98 Å². The van der Waals surface area contributed by atoms with E-state index in [9.17, 15) is 18.0 Å². The molecule has 0 amide bonds. The predicted octanol–water partition coefficient (Wildman–Crippen LogP) is 1.89. The second kappa shape index (κ2) is 3.28. The van der Waals surface area contributed by atoms with Gasteiger partial charge in [0.05, 0.1) is 5.69 Å². The number of rotatable bonds is 1. The molecule has 0 atom stereocenters. The molecule has 1 rings (SSSR count). The fourth-order valence-corrected chi connectivity index (χ4v) is 0.910. The molecule has 0 aliphatic heterocycles. The Morgan fingerprint density at radius 1 is 1.43 bits per heavy atom. The smallest absolute Gasteiger partial charge is 0.397 e. The van der Waals surface area contributed by atoms with Gasteiger partial charge in [0.25, 0.3) is 0 Å². The van der Waals surface area contributed by atoms with Crippen LogP contribution < -0.4 is 5.73 Å². The number of hydrogen-bond acceptors (Lipinski definition) is 3. The van der Waals surface area contributed by atoms with E-state index in [1.807, 2.05) is 0 Å². The molecule has 76 valence electrons. The van der Waals surface area contributed by atoms with Gasteiger partial charge in [0.2, 0.25) is 0 Å². The largest absolute Gasteiger partial charge is 0.433 e. The van der Waals surface area contributed by atoms with Crippen LogP contribution in [0, 0.1) is 0 Å². The lowest BCUT2D eigenvalue weighted by atomic mass is 10.2. The highest BCUT2D eigenvalue weighted by Gasteiger charge is 2.33. The Balaban J connectivity index is 3.27. The van der Waals surface area contributed by atoms with Gasteiger partial charge in [-0.2, -0.15) is 13.2 Å². The number of nitrogen functional groups attached to an aromatic ring is 1. The number of ketones is 1. The molecule has 0 saturated carbocycles. The molecule has 1 heterocycles. The molecule has 14 heavy (non-hydrogen) atoms. The molecule has 0 unspecified atom stereocenters. The summed E-state index contributed by atoms with van der Waals surface area (Å²) in [6.45, 7) is 1.11. The number of pyridine rings is 1. The van der Waals surface area contributed by atoms with Crippen molar-refractivity contribution in [3.05, 3.63) is 23.5 Å². The molecule has 1 aromatic heterocycles. The lowest BCUT2D eigenvalue weighted by Crippen LogP contribution is -2.12. The van der Waals surface area contributed by atoms with Crippen molar-refractivity contribution < 1.29 is 18.0 Å². The number of halogens is 3. The summed E-state index contributed by atoms with van der Waals surface area (Å²) in [4.78, 5) is 14.0. The molecule has 0 aromatic carbocycles. The van der Waals surface area contributed by atoms with Gasteiger partial charge in [0.1, 0.15) is 11.4 Å². The maximum Gasteiger partial charge on any atom is 0.433 e. The Bertz CT molecular complexity index is 373. The van der Waals surface area contributed by atoms with Crippen LogP contribution in [0.2, 0.25) is 0 Å². The van der Waals surface area contributed by atoms with Crippen LogP contribution in [-0.2, 0) is 6.18 Å². The normalized spacial score (nSPS) is 11.4. The van der Waals surface area contributed by atoms with Crippen molar-refractivity contribution in [1.29, 1.82) is 0 Å². The first-order chi connectivity index (χ1) is 6.32. The van der Waals surface area contributed by atoms with E-state index in [2.05, 4.69) is 4.98 Å². The number of aromatic nitrogens is 1. The van der Waals surface area contributed by atoms with Gasteiger partial charge in [-0.15, -0.1) is 0 Å². The highest BCUT2D eigenvalue weighted by molar-refractivity contribution is 5.96. The van der Waals surface area contributed by atoms with Gasteiger partial charge < -0.3 is 5.73 Å². The molecular formula is C8H7F3N2O. The van der Waals surface area contributed by atoms with Crippen LogP contribution >= 0.6 is 0 Å². The fraction of sp³-hybridized carbons (Fsp3) is 0.250. The Labute approximate surface area is 77.7 Å². The minimum Gasteiger partial charge on any atom is -0.397 e. The van der Waals surface area contributed by atoms with Crippen LogP contribution in [0.4, 0.5) is 18.9 Å². The van der Waals surface area contributed by atoms with Crippen LogP contribution in [0.3, 0.4) is 0 Å². The van der Waals surface area contributed by atoms with Gasteiger partial charge >= 0.3 is 6.18 Å². The van der Waals surface area contributed by atoms with E-state index in [-0.39, 0.29) is 11.4 Å². The standard InChI is InChI=1S/C8H7F3N2O/c1-4(14)7-5(12)2-3-6(13-7)8(9,10)11/h2-3H,12H2,1H3. The van der Waals surface area contributed by atoms with Crippen LogP contribution in [0.1, 0.15) is 23.1 Å². The number of anilines is 1. The van der Waals surface area contributed by atoms with E-state index in [4.69, 9.17) is 5.73 Å². The molecule has 0 radical (unpaired) electrons. The summed E-state index contributed by atoms with van der Waals surface area (Å²) in [6.07, 6.45) is -4.56. The fourth-order valence-electron chi connectivity index (χ4n) is 0.910. The van der Waals surface area contributed by atoms with Crippen molar-refractivity contribution in [3.8, 4) is 0 Å². The molecule has 3 nitrogen and oxygen atoms in total. The number of Topliss-reactive ketones (excluding diaryl/α,β-unsaturated/α-hetero) is 1. The number of carbonyl (C=O) groups is 1. The number of nitrogens with zero attached hydrogens (tertiary/aromatic N) is 1. The highest BCUT2D eigenvalue weighted by Crippen LogP contribution is 2.28. The number of alkyl halides is 3. The summed E-state index contributed by atoms with van der Waals surface area (Å²) in [5.74, 6) is -0.589. The maximum atomic E-state index is 12.1. The first-order valence-corrected chi connectivity index (χ1v) is 3.67. The average Bonchev–Trinajstić information content (AvgIpc) is 2.02. The molecular weight excluding hydrogens is 197 g/mol. The van der Waals surface area contributed by atoms with Crippen LogP contribution in [0.15, 0.2) is 12.1 Å². The number of carbonyl (C=O) groups excluding carboxylic acids is 1. The maximum absolute atomic E-state index is 12.1. The Morgan fingerprint density at radius 2 is 2.00 bits per heavy atom.